The number of nitrogens with one attached hydrogen (secondary N) is 1. The molecule has 1 N–H and O–H groups in total. The molecule has 0 unspecified atom stereocenters. The van der Waals surface area contributed by atoms with Crippen molar-refractivity contribution in [2.75, 3.05) is 14.1 Å². The molecular weight excluding hydrogens is 112 g/mol. The second-order valence-corrected chi connectivity index (χ2v) is 0.676. The van der Waals surface area contributed by atoms with Gasteiger partial charge < -0.3 is 5.32 Å². The van der Waals surface area contributed by atoms with Crippen molar-refractivity contribution in [2.45, 2.75) is 27.7 Å². The van der Waals surface area contributed by atoms with Crippen LogP contribution in [0.3, 0.4) is 0 Å². The van der Waals surface area contributed by atoms with Gasteiger partial charge in [0.1, 0.15) is 0 Å². The third-order valence-electron chi connectivity index (χ3n) is 0.258. The van der Waals surface area contributed by atoms with E-state index in [0.717, 1.165) is 0 Å². The van der Waals surface area contributed by atoms with Gasteiger partial charge in [0.25, 0.3) is 0 Å². The van der Waals surface area contributed by atoms with E-state index in [1.54, 1.807) is 13.4 Å². The van der Waals surface area contributed by atoms with Crippen molar-refractivity contribution in [3.63, 3.8) is 0 Å². The molecule has 0 bridgehead atoms. The first kappa shape index (κ1) is 15.8. The smallest absolute Gasteiger partial charge is 0.0817 e. The summed E-state index contributed by atoms with van der Waals surface area (Å²) >= 11 is 0. The lowest BCUT2D eigenvalue weighted by molar-refractivity contribution is 1.19. The molecule has 0 atom stereocenters. The van der Waals surface area contributed by atoms with Gasteiger partial charge in [-0.05, 0) is 0 Å². The van der Waals surface area contributed by atoms with E-state index < -0.39 is 0 Å². The van der Waals surface area contributed by atoms with Crippen molar-refractivity contribution in [3.8, 4) is 0 Å². The summed E-state index contributed by atoms with van der Waals surface area (Å²) in [5.74, 6) is 0. The number of hydrogen-bond donors (Lipinski definition) is 1. The molecule has 0 aromatic carbocycles. The Kier molecular flexibility index (Phi) is 90.0. The molecule has 0 saturated heterocycles. The van der Waals surface area contributed by atoms with Gasteiger partial charge in [0.2, 0.25) is 0 Å². The van der Waals surface area contributed by atoms with Crippen LogP contribution in [0.1, 0.15) is 27.7 Å². The average Bonchev–Trinajstić information content (AvgIpc) is 1.98. The van der Waals surface area contributed by atoms with Gasteiger partial charge in [-0.1, -0.05) is 27.7 Å². The normalized spacial score (nSPS) is 6.44. The standard InChI is InChI=1S/C3H8N2.2C2H6/c1-4-3-5-2;2*1-2/h3H,1-2H3,(H,4,5);2*1-2H3. The van der Waals surface area contributed by atoms with Crippen LogP contribution in [-0.4, -0.2) is 20.4 Å². The lowest BCUT2D eigenvalue weighted by Gasteiger charge is -1.74. The van der Waals surface area contributed by atoms with Crippen molar-refractivity contribution in [1.29, 1.82) is 0 Å². The lowest BCUT2D eigenvalue weighted by atomic mass is 11.0. The van der Waals surface area contributed by atoms with E-state index in [0.29, 0.717) is 0 Å². The average molecular weight is 132 g/mol. The summed E-state index contributed by atoms with van der Waals surface area (Å²) in [4.78, 5) is 3.62. The molecule has 0 saturated carbocycles. The summed E-state index contributed by atoms with van der Waals surface area (Å²) in [6, 6.07) is 0. The summed E-state index contributed by atoms with van der Waals surface area (Å²) in [5.41, 5.74) is 0. The first-order valence-corrected chi connectivity index (χ1v) is 3.49. The SMILES string of the molecule is CC.CC.CN=CNC. The monoisotopic (exact) mass is 132 g/mol. The zero-order valence-electron chi connectivity index (χ0n) is 7.52. The van der Waals surface area contributed by atoms with E-state index in [9.17, 15) is 0 Å². The van der Waals surface area contributed by atoms with E-state index >= 15 is 0 Å². The highest BCUT2D eigenvalue weighted by Gasteiger charge is 1.45. The number of nitrogens with zero attached hydrogens (tertiary/aromatic N) is 1. The van der Waals surface area contributed by atoms with Crippen LogP contribution in [0.4, 0.5) is 0 Å². The highest BCUT2D eigenvalue weighted by Crippen LogP contribution is 1.36. The summed E-state index contributed by atoms with van der Waals surface area (Å²) in [7, 11) is 3.53. The van der Waals surface area contributed by atoms with E-state index in [2.05, 4.69) is 10.3 Å². The summed E-state index contributed by atoms with van der Waals surface area (Å²) < 4.78 is 0. The molecule has 58 valence electrons. The Morgan fingerprint density at radius 3 is 1.44 bits per heavy atom. The van der Waals surface area contributed by atoms with Crippen LogP contribution in [0, 0.1) is 0 Å². The van der Waals surface area contributed by atoms with Gasteiger partial charge in [-0.2, -0.15) is 0 Å². The zero-order valence-corrected chi connectivity index (χ0v) is 7.52. The minimum atomic E-state index is 1.62. The molecule has 0 aromatic heterocycles. The highest BCUT2D eigenvalue weighted by atomic mass is 14.9. The van der Waals surface area contributed by atoms with Crippen molar-refractivity contribution in [2.24, 2.45) is 4.99 Å². The fourth-order valence-electron chi connectivity index (χ4n) is 0.129. The second-order valence-electron chi connectivity index (χ2n) is 0.676. The molecule has 0 aliphatic heterocycles. The first-order valence-electron chi connectivity index (χ1n) is 3.49. The van der Waals surface area contributed by atoms with Gasteiger partial charge in [0, 0.05) is 14.1 Å². The van der Waals surface area contributed by atoms with Gasteiger partial charge in [0.05, 0.1) is 6.34 Å². The number of rotatable bonds is 1. The van der Waals surface area contributed by atoms with Crippen LogP contribution in [0.2, 0.25) is 0 Å². The molecular formula is C7H20N2. The molecule has 0 spiro atoms. The molecule has 0 aliphatic rings. The van der Waals surface area contributed by atoms with Gasteiger partial charge in [-0.15, -0.1) is 0 Å². The molecule has 0 heterocycles. The fraction of sp³-hybridized carbons (Fsp3) is 0.857. The Hall–Kier alpha value is -0.530. The van der Waals surface area contributed by atoms with Crippen molar-refractivity contribution < 1.29 is 0 Å². The van der Waals surface area contributed by atoms with Gasteiger partial charge in [-0.3, -0.25) is 4.99 Å². The van der Waals surface area contributed by atoms with E-state index in [4.69, 9.17) is 0 Å². The van der Waals surface area contributed by atoms with Crippen molar-refractivity contribution in [3.05, 3.63) is 0 Å². The Balaban J connectivity index is -0.0000000771. The highest BCUT2D eigenvalue weighted by molar-refractivity contribution is 5.52. The van der Waals surface area contributed by atoms with Crippen LogP contribution in [0.5, 0.6) is 0 Å². The minimum Gasteiger partial charge on any atom is -0.380 e. The minimum absolute atomic E-state index is 1.62. The van der Waals surface area contributed by atoms with E-state index in [1.165, 1.54) is 0 Å². The molecule has 2 heteroatoms. The van der Waals surface area contributed by atoms with Crippen LogP contribution in [-0.2, 0) is 0 Å². The molecule has 0 radical (unpaired) electrons. The molecule has 0 aromatic rings. The molecule has 9 heavy (non-hydrogen) atoms. The quantitative estimate of drug-likeness (QED) is 0.428. The van der Waals surface area contributed by atoms with E-state index in [1.807, 2.05) is 34.7 Å². The summed E-state index contributed by atoms with van der Waals surface area (Å²) in [6.45, 7) is 8.00. The van der Waals surface area contributed by atoms with Gasteiger partial charge in [-0.25, -0.2) is 0 Å². The molecule has 0 aliphatic carbocycles. The molecule has 2 nitrogen and oxygen atoms in total. The number of hydrogen-bond acceptors (Lipinski definition) is 1. The number of aliphatic imine (C=N–C) groups is 1. The third kappa shape index (κ3) is 103. The van der Waals surface area contributed by atoms with Crippen molar-refractivity contribution in [1.82, 2.24) is 5.32 Å². The summed E-state index contributed by atoms with van der Waals surface area (Å²) in [6.07, 6.45) is 1.62. The Labute approximate surface area is 59.4 Å². The zero-order chi connectivity index (χ0) is 8.12. The van der Waals surface area contributed by atoms with Gasteiger partial charge >= 0.3 is 0 Å². The third-order valence-corrected chi connectivity index (χ3v) is 0.258. The maximum absolute atomic E-state index is 3.62. The maximum atomic E-state index is 3.62. The van der Waals surface area contributed by atoms with Gasteiger partial charge in [0.15, 0.2) is 0 Å². The largest absolute Gasteiger partial charge is 0.380 e. The van der Waals surface area contributed by atoms with Crippen LogP contribution in [0.25, 0.3) is 0 Å². The molecule has 0 amide bonds. The fourth-order valence-corrected chi connectivity index (χ4v) is 0.129. The van der Waals surface area contributed by atoms with E-state index in [-0.39, 0.29) is 0 Å². The van der Waals surface area contributed by atoms with Crippen LogP contribution in [0.15, 0.2) is 4.99 Å². The lowest BCUT2D eigenvalue weighted by Crippen LogP contribution is -1.99. The maximum Gasteiger partial charge on any atom is 0.0817 e. The Morgan fingerprint density at radius 1 is 1.11 bits per heavy atom. The Bertz CT molecular complexity index is 33.9. The molecule has 0 fully saturated rings. The Morgan fingerprint density at radius 2 is 1.44 bits per heavy atom. The second kappa shape index (κ2) is 51.3. The first-order chi connectivity index (χ1) is 4.41. The van der Waals surface area contributed by atoms with Crippen molar-refractivity contribution >= 4 is 6.34 Å². The van der Waals surface area contributed by atoms with Crippen LogP contribution >= 0.6 is 0 Å². The predicted octanol–water partition coefficient (Wildman–Crippen LogP) is 1.92. The van der Waals surface area contributed by atoms with Crippen LogP contribution < -0.4 is 5.32 Å². The summed E-state index contributed by atoms with van der Waals surface area (Å²) in [5, 5.41) is 2.73. The predicted molar refractivity (Wildman–Crippen MR) is 46.2 cm³/mol. The topological polar surface area (TPSA) is 24.4 Å². The molecule has 0 rings (SSSR count).